The zero-order valence-corrected chi connectivity index (χ0v) is 10.8. The molecule has 1 aliphatic heterocycles. The van der Waals surface area contributed by atoms with E-state index in [1.807, 2.05) is 0 Å². The van der Waals surface area contributed by atoms with Crippen LogP contribution < -0.4 is 0 Å². The van der Waals surface area contributed by atoms with E-state index in [4.69, 9.17) is 21.1 Å². The van der Waals surface area contributed by atoms with Gasteiger partial charge in [0.25, 0.3) is 0 Å². The first-order valence-electron chi connectivity index (χ1n) is 4.99. The average Bonchev–Trinajstić information content (AvgIpc) is 2.86. The molecule has 1 aromatic rings. The highest BCUT2D eigenvalue weighted by molar-refractivity contribution is 7.10. The van der Waals surface area contributed by atoms with Crippen molar-refractivity contribution in [3.8, 4) is 0 Å². The number of aromatic nitrogens is 2. The van der Waals surface area contributed by atoms with Gasteiger partial charge in [-0.15, -0.1) is 5.10 Å². The average molecular weight is 264 g/mol. The second-order valence-corrected chi connectivity index (χ2v) is 5.09. The van der Waals surface area contributed by atoms with Crippen LogP contribution >= 0.6 is 23.1 Å². The lowest BCUT2D eigenvalue weighted by molar-refractivity contribution is -0.00461. The summed E-state index contributed by atoms with van der Waals surface area (Å²) in [5, 5.41) is 3.99. The molecule has 1 fully saturated rings. The lowest BCUT2D eigenvalue weighted by atomic mass is 10.3. The normalized spacial score (nSPS) is 26.4. The van der Waals surface area contributed by atoms with Crippen LogP contribution in [0.15, 0.2) is 0 Å². The molecule has 1 aliphatic rings. The minimum Gasteiger partial charge on any atom is -0.377 e. The fraction of sp³-hybridized carbons (Fsp3) is 0.778. The third kappa shape index (κ3) is 2.52. The van der Waals surface area contributed by atoms with Gasteiger partial charge in [0.05, 0.1) is 12.2 Å². The summed E-state index contributed by atoms with van der Waals surface area (Å²) >= 11 is 7.18. The van der Waals surface area contributed by atoms with Gasteiger partial charge in [0.15, 0.2) is 0 Å². The molecule has 2 atom stereocenters. The van der Waals surface area contributed by atoms with Gasteiger partial charge in [0.2, 0.25) is 0 Å². The summed E-state index contributed by atoms with van der Waals surface area (Å²) in [6.07, 6.45) is 0.241. The molecule has 0 aromatic carbocycles. The first kappa shape index (κ1) is 12.2. The molecular formula is C9H14ClN3O2S. The molecule has 2 unspecified atom stereocenters. The first-order valence-corrected chi connectivity index (χ1v) is 6.14. The van der Waals surface area contributed by atoms with Crippen molar-refractivity contribution in [1.29, 1.82) is 0 Å². The fourth-order valence-electron chi connectivity index (χ4n) is 1.90. The Balaban J connectivity index is 1.95. The van der Waals surface area contributed by atoms with Gasteiger partial charge in [0, 0.05) is 45.4 Å². The Labute approximate surface area is 103 Å². The SMILES string of the molecule is COC1CN(Cc2nnsc2Cl)CC1OC. The zero-order chi connectivity index (χ0) is 11.5. The summed E-state index contributed by atoms with van der Waals surface area (Å²) in [5.41, 5.74) is 0.832. The molecule has 1 aromatic heterocycles. The zero-order valence-electron chi connectivity index (χ0n) is 9.22. The number of hydrogen-bond acceptors (Lipinski definition) is 6. The quantitative estimate of drug-likeness (QED) is 0.812. The maximum atomic E-state index is 5.96. The number of methoxy groups -OCH3 is 2. The van der Waals surface area contributed by atoms with E-state index in [1.165, 1.54) is 11.5 Å². The summed E-state index contributed by atoms with van der Waals surface area (Å²) in [6, 6.07) is 0. The molecule has 1 saturated heterocycles. The highest BCUT2D eigenvalue weighted by Crippen LogP contribution is 2.22. The van der Waals surface area contributed by atoms with Crippen molar-refractivity contribution in [2.45, 2.75) is 18.8 Å². The summed E-state index contributed by atoms with van der Waals surface area (Å²) in [4.78, 5) is 2.21. The van der Waals surface area contributed by atoms with E-state index in [-0.39, 0.29) is 12.2 Å². The van der Waals surface area contributed by atoms with E-state index in [9.17, 15) is 0 Å². The van der Waals surface area contributed by atoms with E-state index in [2.05, 4.69) is 14.5 Å². The van der Waals surface area contributed by atoms with E-state index in [0.717, 1.165) is 18.8 Å². The smallest absolute Gasteiger partial charge is 0.138 e. The lowest BCUT2D eigenvalue weighted by Crippen LogP contribution is -2.27. The molecule has 5 nitrogen and oxygen atoms in total. The third-order valence-electron chi connectivity index (χ3n) is 2.78. The minimum atomic E-state index is 0.121. The molecule has 0 radical (unpaired) electrons. The Morgan fingerprint density at radius 2 is 2.00 bits per heavy atom. The molecular weight excluding hydrogens is 250 g/mol. The van der Waals surface area contributed by atoms with Gasteiger partial charge in [-0.2, -0.15) is 0 Å². The van der Waals surface area contributed by atoms with E-state index < -0.39 is 0 Å². The van der Waals surface area contributed by atoms with Crippen molar-refractivity contribution in [3.05, 3.63) is 10.0 Å². The van der Waals surface area contributed by atoms with Crippen LogP contribution in [0, 0.1) is 0 Å². The van der Waals surface area contributed by atoms with Crippen LogP contribution in [0.1, 0.15) is 5.69 Å². The van der Waals surface area contributed by atoms with Crippen molar-refractivity contribution >= 4 is 23.1 Å². The maximum absolute atomic E-state index is 5.96. The molecule has 2 rings (SSSR count). The van der Waals surface area contributed by atoms with Crippen molar-refractivity contribution in [2.75, 3.05) is 27.3 Å². The molecule has 0 N–H and O–H groups in total. The number of likely N-dealkylation sites (tertiary alicyclic amines) is 1. The molecule has 16 heavy (non-hydrogen) atoms. The minimum absolute atomic E-state index is 0.121. The van der Waals surface area contributed by atoms with Crippen molar-refractivity contribution in [1.82, 2.24) is 14.5 Å². The van der Waals surface area contributed by atoms with Gasteiger partial charge < -0.3 is 9.47 Å². The predicted molar refractivity (Wildman–Crippen MR) is 61.8 cm³/mol. The number of rotatable bonds is 4. The molecule has 7 heteroatoms. The van der Waals surface area contributed by atoms with Crippen LogP contribution in [0.3, 0.4) is 0 Å². The van der Waals surface area contributed by atoms with Crippen molar-refractivity contribution < 1.29 is 9.47 Å². The Kier molecular flexibility index (Phi) is 4.10. The number of nitrogens with zero attached hydrogens (tertiary/aromatic N) is 3. The summed E-state index contributed by atoms with van der Waals surface area (Å²) < 4.78 is 15.2. The van der Waals surface area contributed by atoms with Crippen molar-refractivity contribution in [2.24, 2.45) is 0 Å². The fourth-order valence-corrected chi connectivity index (χ4v) is 2.52. The highest BCUT2D eigenvalue weighted by atomic mass is 35.5. The Bertz CT molecular complexity index is 337. The number of hydrogen-bond donors (Lipinski definition) is 0. The molecule has 0 spiro atoms. The summed E-state index contributed by atoms with van der Waals surface area (Å²) in [7, 11) is 3.41. The summed E-state index contributed by atoms with van der Waals surface area (Å²) in [6.45, 7) is 2.38. The summed E-state index contributed by atoms with van der Waals surface area (Å²) in [5.74, 6) is 0. The highest BCUT2D eigenvalue weighted by Gasteiger charge is 2.33. The Morgan fingerprint density at radius 3 is 2.44 bits per heavy atom. The topological polar surface area (TPSA) is 47.5 Å². The lowest BCUT2D eigenvalue weighted by Gasteiger charge is -2.13. The Morgan fingerprint density at radius 1 is 1.38 bits per heavy atom. The van der Waals surface area contributed by atoms with Crippen LogP contribution in [0.2, 0.25) is 4.34 Å². The van der Waals surface area contributed by atoms with E-state index in [0.29, 0.717) is 10.9 Å². The predicted octanol–water partition coefficient (Wildman–Crippen LogP) is 1.04. The van der Waals surface area contributed by atoms with Crippen LogP contribution in [-0.2, 0) is 16.0 Å². The standard InChI is InChI=1S/C9H14ClN3O2S/c1-14-7-4-13(5-8(7)15-2)3-6-9(10)16-12-11-6/h7-8H,3-5H2,1-2H3. The van der Waals surface area contributed by atoms with Gasteiger partial charge in [-0.3, -0.25) is 4.90 Å². The van der Waals surface area contributed by atoms with Crippen LogP contribution in [0.5, 0.6) is 0 Å². The van der Waals surface area contributed by atoms with Gasteiger partial charge in [-0.1, -0.05) is 16.1 Å². The number of halogens is 1. The van der Waals surface area contributed by atoms with Crippen LogP contribution in [0.4, 0.5) is 0 Å². The van der Waals surface area contributed by atoms with Gasteiger partial charge in [-0.25, -0.2) is 0 Å². The van der Waals surface area contributed by atoms with E-state index >= 15 is 0 Å². The second-order valence-electron chi connectivity index (χ2n) is 3.74. The first-order chi connectivity index (χ1) is 7.74. The Hall–Kier alpha value is -0.270. The molecule has 90 valence electrons. The van der Waals surface area contributed by atoms with Gasteiger partial charge in [0.1, 0.15) is 10.0 Å². The van der Waals surface area contributed by atoms with E-state index in [1.54, 1.807) is 14.2 Å². The van der Waals surface area contributed by atoms with Crippen molar-refractivity contribution in [3.63, 3.8) is 0 Å². The molecule has 2 heterocycles. The second kappa shape index (κ2) is 5.37. The molecule has 0 bridgehead atoms. The molecule has 0 saturated carbocycles. The van der Waals surface area contributed by atoms with Crippen LogP contribution in [-0.4, -0.2) is 54.0 Å². The third-order valence-corrected chi connectivity index (χ3v) is 3.76. The monoisotopic (exact) mass is 263 g/mol. The molecule has 0 aliphatic carbocycles. The molecule has 0 amide bonds. The van der Waals surface area contributed by atoms with Gasteiger partial charge >= 0.3 is 0 Å². The largest absolute Gasteiger partial charge is 0.377 e. The number of ether oxygens (including phenoxy) is 2. The van der Waals surface area contributed by atoms with Crippen LogP contribution in [0.25, 0.3) is 0 Å². The van der Waals surface area contributed by atoms with Gasteiger partial charge in [-0.05, 0) is 0 Å². The maximum Gasteiger partial charge on any atom is 0.138 e.